The van der Waals surface area contributed by atoms with Crippen LogP contribution in [0.1, 0.15) is 38.8 Å². The Morgan fingerprint density at radius 1 is 1.29 bits per heavy atom. The summed E-state index contributed by atoms with van der Waals surface area (Å²) < 4.78 is 5.48. The highest BCUT2D eigenvalue weighted by molar-refractivity contribution is 5.33. The highest BCUT2D eigenvalue weighted by atomic mass is 16.5. The summed E-state index contributed by atoms with van der Waals surface area (Å²) in [6.07, 6.45) is 1.05. The van der Waals surface area contributed by atoms with Gasteiger partial charge in [0, 0.05) is 0 Å². The van der Waals surface area contributed by atoms with Gasteiger partial charge >= 0.3 is 0 Å². The second-order valence-electron chi connectivity index (χ2n) is 4.90. The maximum absolute atomic E-state index is 9.34. The number of nitrogens with one attached hydrogen (secondary N) is 1. The molecule has 4 nitrogen and oxygen atoms in total. The minimum Gasteiger partial charge on any atom is -0.494 e. The molecule has 0 fully saturated rings. The maximum atomic E-state index is 9.34. The lowest BCUT2D eigenvalue weighted by atomic mass is 10.1. The van der Waals surface area contributed by atoms with Crippen LogP contribution in [0.25, 0.3) is 0 Å². The van der Waals surface area contributed by atoms with Gasteiger partial charge in [-0.25, -0.2) is 0 Å². The number of benzene rings is 1. The van der Waals surface area contributed by atoms with Crippen LogP contribution in [0.4, 0.5) is 0 Å². The zero-order chi connectivity index (χ0) is 15.5. The average Bonchev–Trinajstić information content (AvgIpc) is 2.52. The summed E-state index contributed by atoms with van der Waals surface area (Å²) in [6, 6.07) is 9.80. The molecule has 0 saturated carbocycles. The molecule has 0 saturated heterocycles. The van der Waals surface area contributed by atoms with Gasteiger partial charge in [-0.15, -0.1) is 0 Å². The SMILES string of the molecule is CCOc1cccc(C(C#N)NCCCN(CC)CC)c1. The van der Waals surface area contributed by atoms with Crippen molar-refractivity contribution in [2.75, 3.05) is 32.8 Å². The molecule has 0 aromatic heterocycles. The van der Waals surface area contributed by atoms with E-state index in [1.54, 1.807) is 0 Å². The Kier molecular flexibility index (Phi) is 8.49. The Bertz CT molecular complexity index is 438. The van der Waals surface area contributed by atoms with E-state index in [2.05, 4.69) is 30.1 Å². The lowest BCUT2D eigenvalue weighted by molar-refractivity contribution is 0.297. The van der Waals surface area contributed by atoms with Crippen molar-refractivity contribution >= 4 is 0 Å². The third-order valence-electron chi connectivity index (χ3n) is 3.53. The molecule has 1 N–H and O–H groups in total. The molecule has 0 aliphatic carbocycles. The van der Waals surface area contributed by atoms with E-state index in [4.69, 9.17) is 4.74 Å². The number of nitrogens with zero attached hydrogens (tertiary/aromatic N) is 2. The first kappa shape index (κ1) is 17.5. The summed E-state index contributed by atoms with van der Waals surface area (Å²) in [5.74, 6) is 0.820. The lowest BCUT2D eigenvalue weighted by Gasteiger charge is -2.18. The molecule has 0 bridgehead atoms. The number of hydrogen-bond donors (Lipinski definition) is 1. The van der Waals surface area contributed by atoms with Gasteiger partial charge in [-0.05, 0) is 57.2 Å². The van der Waals surface area contributed by atoms with Crippen molar-refractivity contribution in [2.45, 2.75) is 33.2 Å². The van der Waals surface area contributed by atoms with E-state index in [1.165, 1.54) is 0 Å². The summed E-state index contributed by atoms with van der Waals surface area (Å²) in [5, 5.41) is 12.7. The Morgan fingerprint density at radius 2 is 2.05 bits per heavy atom. The van der Waals surface area contributed by atoms with E-state index < -0.39 is 0 Å². The fourth-order valence-corrected chi connectivity index (χ4v) is 2.28. The number of ether oxygens (including phenoxy) is 1. The van der Waals surface area contributed by atoms with Crippen molar-refractivity contribution in [2.24, 2.45) is 0 Å². The topological polar surface area (TPSA) is 48.3 Å². The van der Waals surface area contributed by atoms with Gasteiger partial charge in [0.1, 0.15) is 11.8 Å². The van der Waals surface area contributed by atoms with E-state index >= 15 is 0 Å². The minimum atomic E-state index is -0.276. The summed E-state index contributed by atoms with van der Waals surface area (Å²) in [6.45, 7) is 11.0. The molecule has 0 aliphatic heterocycles. The first-order valence-corrected chi connectivity index (χ1v) is 7.83. The van der Waals surface area contributed by atoms with Gasteiger partial charge in [0.25, 0.3) is 0 Å². The highest BCUT2D eigenvalue weighted by Crippen LogP contribution is 2.19. The second kappa shape index (κ2) is 10.2. The van der Waals surface area contributed by atoms with Gasteiger partial charge in [-0.1, -0.05) is 26.0 Å². The van der Waals surface area contributed by atoms with Crippen LogP contribution >= 0.6 is 0 Å². The summed E-state index contributed by atoms with van der Waals surface area (Å²) in [5.41, 5.74) is 0.964. The number of rotatable bonds is 10. The highest BCUT2D eigenvalue weighted by Gasteiger charge is 2.10. The van der Waals surface area contributed by atoms with Gasteiger partial charge in [0.15, 0.2) is 0 Å². The van der Waals surface area contributed by atoms with Crippen molar-refractivity contribution in [1.82, 2.24) is 10.2 Å². The largest absolute Gasteiger partial charge is 0.494 e. The first-order valence-electron chi connectivity index (χ1n) is 7.83. The fourth-order valence-electron chi connectivity index (χ4n) is 2.28. The molecular formula is C17H27N3O. The Hall–Kier alpha value is -1.57. The molecule has 116 valence electrons. The van der Waals surface area contributed by atoms with Crippen molar-refractivity contribution in [3.8, 4) is 11.8 Å². The fraction of sp³-hybridized carbons (Fsp3) is 0.588. The molecule has 0 radical (unpaired) electrons. The lowest BCUT2D eigenvalue weighted by Crippen LogP contribution is -2.28. The standard InChI is InChI=1S/C17H27N3O/c1-4-20(5-2)12-8-11-19-17(14-18)15-9-7-10-16(13-15)21-6-3/h7,9-10,13,17,19H,4-6,8,11-12H2,1-3H3. The van der Waals surface area contributed by atoms with Crippen LogP contribution in [0, 0.1) is 11.3 Å². The molecule has 0 amide bonds. The zero-order valence-corrected chi connectivity index (χ0v) is 13.4. The molecule has 0 spiro atoms. The molecular weight excluding hydrogens is 262 g/mol. The van der Waals surface area contributed by atoms with E-state index in [0.717, 1.165) is 43.9 Å². The Balaban J connectivity index is 2.48. The predicted octanol–water partition coefficient (Wildman–Crippen LogP) is 2.97. The van der Waals surface area contributed by atoms with Gasteiger partial charge in [-0.3, -0.25) is 5.32 Å². The van der Waals surface area contributed by atoms with Crippen LogP contribution in [-0.4, -0.2) is 37.7 Å². The molecule has 4 heteroatoms. The molecule has 0 heterocycles. The molecule has 1 aromatic carbocycles. The Morgan fingerprint density at radius 3 is 2.67 bits per heavy atom. The van der Waals surface area contributed by atoms with Crippen LogP contribution in [-0.2, 0) is 0 Å². The van der Waals surface area contributed by atoms with E-state index in [0.29, 0.717) is 6.61 Å². The minimum absolute atomic E-state index is 0.276. The molecule has 21 heavy (non-hydrogen) atoms. The molecule has 1 unspecified atom stereocenters. The Labute approximate surface area is 128 Å². The van der Waals surface area contributed by atoms with Crippen LogP contribution in [0.5, 0.6) is 5.75 Å². The monoisotopic (exact) mass is 289 g/mol. The smallest absolute Gasteiger partial charge is 0.121 e. The summed E-state index contributed by atoms with van der Waals surface area (Å²) in [4.78, 5) is 2.39. The first-order chi connectivity index (χ1) is 10.2. The normalized spacial score (nSPS) is 12.1. The predicted molar refractivity (Wildman–Crippen MR) is 86.4 cm³/mol. The van der Waals surface area contributed by atoms with Gasteiger partial charge in [-0.2, -0.15) is 5.26 Å². The van der Waals surface area contributed by atoms with Gasteiger partial charge in [0.2, 0.25) is 0 Å². The third-order valence-corrected chi connectivity index (χ3v) is 3.53. The van der Waals surface area contributed by atoms with Crippen LogP contribution in [0.3, 0.4) is 0 Å². The van der Waals surface area contributed by atoms with Crippen LogP contribution in [0.2, 0.25) is 0 Å². The zero-order valence-electron chi connectivity index (χ0n) is 13.4. The van der Waals surface area contributed by atoms with Crippen molar-refractivity contribution in [3.63, 3.8) is 0 Å². The van der Waals surface area contributed by atoms with Crippen LogP contribution < -0.4 is 10.1 Å². The molecule has 1 aromatic rings. The van der Waals surface area contributed by atoms with Crippen LogP contribution in [0.15, 0.2) is 24.3 Å². The van der Waals surface area contributed by atoms with Crippen molar-refractivity contribution < 1.29 is 4.74 Å². The van der Waals surface area contributed by atoms with Crippen molar-refractivity contribution in [1.29, 1.82) is 5.26 Å². The quantitative estimate of drug-likeness (QED) is 0.673. The van der Waals surface area contributed by atoms with Gasteiger partial charge < -0.3 is 9.64 Å². The molecule has 1 atom stereocenters. The summed E-state index contributed by atoms with van der Waals surface area (Å²) in [7, 11) is 0. The average molecular weight is 289 g/mol. The van der Waals surface area contributed by atoms with E-state index in [1.807, 2.05) is 31.2 Å². The van der Waals surface area contributed by atoms with Crippen molar-refractivity contribution in [3.05, 3.63) is 29.8 Å². The third kappa shape index (κ3) is 6.16. The van der Waals surface area contributed by atoms with E-state index in [-0.39, 0.29) is 6.04 Å². The summed E-state index contributed by atoms with van der Waals surface area (Å²) >= 11 is 0. The number of nitriles is 1. The van der Waals surface area contributed by atoms with Gasteiger partial charge in [0.05, 0.1) is 12.7 Å². The molecule has 0 aliphatic rings. The van der Waals surface area contributed by atoms with E-state index in [9.17, 15) is 5.26 Å². The maximum Gasteiger partial charge on any atom is 0.121 e. The number of hydrogen-bond acceptors (Lipinski definition) is 4. The molecule has 1 rings (SSSR count). The second-order valence-corrected chi connectivity index (χ2v) is 4.90.